The second kappa shape index (κ2) is 7.12. The fourth-order valence-corrected chi connectivity index (χ4v) is 2.63. The average Bonchev–Trinajstić information content (AvgIpc) is 3.02. The largest absolute Gasteiger partial charge is 0.305 e. The van der Waals surface area contributed by atoms with Crippen LogP contribution in [0.15, 0.2) is 54.7 Å². The standard InChI is InChI=1S/C21H24N4O/c1-15-9-8-12-22-19(15)23-20(26)17-13-18(21(2,3)4)24-25(17)14-16-10-6-5-7-11-16/h5-13H,14H2,1-4H3,(H,22,23,26). The van der Waals surface area contributed by atoms with Crippen LogP contribution < -0.4 is 5.32 Å². The third-order valence-corrected chi connectivity index (χ3v) is 4.20. The van der Waals surface area contributed by atoms with E-state index < -0.39 is 0 Å². The molecule has 134 valence electrons. The Morgan fingerprint density at radius 2 is 1.85 bits per heavy atom. The van der Waals surface area contributed by atoms with Crippen LogP contribution in [0.3, 0.4) is 0 Å². The summed E-state index contributed by atoms with van der Waals surface area (Å²) in [7, 11) is 0. The topological polar surface area (TPSA) is 59.8 Å². The molecule has 0 atom stereocenters. The van der Waals surface area contributed by atoms with Gasteiger partial charge in [0.15, 0.2) is 0 Å². The van der Waals surface area contributed by atoms with E-state index in [0.29, 0.717) is 18.1 Å². The smallest absolute Gasteiger partial charge is 0.275 e. The monoisotopic (exact) mass is 348 g/mol. The molecule has 1 N–H and O–H groups in total. The number of nitrogens with one attached hydrogen (secondary N) is 1. The molecule has 0 saturated carbocycles. The molecule has 0 aliphatic heterocycles. The lowest BCUT2D eigenvalue weighted by atomic mass is 9.92. The number of anilines is 1. The van der Waals surface area contributed by atoms with Crippen LogP contribution >= 0.6 is 0 Å². The van der Waals surface area contributed by atoms with Crippen LogP contribution in [0.5, 0.6) is 0 Å². The number of aryl methyl sites for hydroxylation is 1. The number of carbonyl (C=O) groups excluding carboxylic acids is 1. The van der Waals surface area contributed by atoms with Gasteiger partial charge in [0.1, 0.15) is 11.5 Å². The lowest BCUT2D eigenvalue weighted by Gasteiger charge is -2.14. The van der Waals surface area contributed by atoms with Crippen LogP contribution in [-0.2, 0) is 12.0 Å². The zero-order valence-corrected chi connectivity index (χ0v) is 15.7. The van der Waals surface area contributed by atoms with E-state index >= 15 is 0 Å². The molecule has 0 aliphatic carbocycles. The molecule has 3 rings (SSSR count). The first-order valence-corrected chi connectivity index (χ1v) is 8.70. The van der Waals surface area contributed by atoms with Crippen molar-refractivity contribution in [1.29, 1.82) is 0 Å². The molecule has 5 heteroatoms. The minimum absolute atomic E-state index is 0.141. The van der Waals surface area contributed by atoms with Crippen molar-refractivity contribution in [3.8, 4) is 0 Å². The Hall–Kier alpha value is -2.95. The van der Waals surface area contributed by atoms with E-state index in [4.69, 9.17) is 5.10 Å². The van der Waals surface area contributed by atoms with Crippen LogP contribution in [-0.4, -0.2) is 20.7 Å². The van der Waals surface area contributed by atoms with Gasteiger partial charge in [0.05, 0.1) is 12.2 Å². The Balaban J connectivity index is 1.95. The first-order chi connectivity index (χ1) is 12.3. The van der Waals surface area contributed by atoms with E-state index in [9.17, 15) is 4.79 Å². The number of nitrogens with zero attached hydrogens (tertiary/aromatic N) is 3. The van der Waals surface area contributed by atoms with Crippen LogP contribution in [0.2, 0.25) is 0 Å². The van der Waals surface area contributed by atoms with E-state index in [-0.39, 0.29) is 11.3 Å². The highest BCUT2D eigenvalue weighted by atomic mass is 16.2. The zero-order chi connectivity index (χ0) is 18.7. The molecule has 0 aliphatic rings. The van der Waals surface area contributed by atoms with Crippen molar-refractivity contribution < 1.29 is 4.79 Å². The van der Waals surface area contributed by atoms with Gasteiger partial charge in [-0.2, -0.15) is 5.10 Å². The molecule has 5 nitrogen and oxygen atoms in total. The van der Waals surface area contributed by atoms with E-state index in [1.807, 2.05) is 55.5 Å². The molecular weight excluding hydrogens is 324 g/mol. The molecule has 0 unspecified atom stereocenters. The number of aromatic nitrogens is 3. The van der Waals surface area contributed by atoms with Gasteiger partial charge in [0.2, 0.25) is 0 Å². The normalized spacial score (nSPS) is 11.4. The molecule has 1 aromatic carbocycles. The summed E-state index contributed by atoms with van der Waals surface area (Å²) in [6, 6.07) is 15.7. The molecule has 0 saturated heterocycles. The van der Waals surface area contributed by atoms with Gasteiger partial charge in [-0.05, 0) is 30.2 Å². The van der Waals surface area contributed by atoms with Gasteiger partial charge in [-0.1, -0.05) is 57.2 Å². The fourth-order valence-electron chi connectivity index (χ4n) is 2.63. The van der Waals surface area contributed by atoms with Crippen molar-refractivity contribution in [3.05, 3.63) is 77.2 Å². The minimum atomic E-state index is -0.203. The highest BCUT2D eigenvalue weighted by molar-refractivity contribution is 6.03. The number of hydrogen-bond acceptors (Lipinski definition) is 3. The van der Waals surface area contributed by atoms with Crippen LogP contribution in [0, 0.1) is 6.92 Å². The van der Waals surface area contributed by atoms with Gasteiger partial charge < -0.3 is 5.32 Å². The first-order valence-electron chi connectivity index (χ1n) is 8.70. The summed E-state index contributed by atoms with van der Waals surface area (Å²) in [6.07, 6.45) is 1.67. The zero-order valence-electron chi connectivity index (χ0n) is 15.7. The van der Waals surface area contributed by atoms with Crippen molar-refractivity contribution in [2.24, 2.45) is 0 Å². The molecule has 1 amide bonds. The lowest BCUT2D eigenvalue weighted by molar-refractivity contribution is 0.101. The Morgan fingerprint density at radius 3 is 2.50 bits per heavy atom. The fraction of sp³-hybridized carbons (Fsp3) is 0.286. The minimum Gasteiger partial charge on any atom is -0.305 e. The molecule has 0 spiro atoms. The highest BCUT2D eigenvalue weighted by Gasteiger charge is 2.23. The molecule has 0 radical (unpaired) electrons. The maximum atomic E-state index is 12.9. The van der Waals surface area contributed by atoms with Crippen molar-refractivity contribution in [3.63, 3.8) is 0 Å². The van der Waals surface area contributed by atoms with Crippen molar-refractivity contribution in [1.82, 2.24) is 14.8 Å². The van der Waals surface area contributed by atoms with Crippen LogP contribution in [0.1, 0.15) is 48.1 Å². The summed E-state index contributed by atoms with van der Waals surface area (Å²) in [5.74, 6) is 0.369. The van der Waals surface area contributed by atoms with E-state index in [0.717, 1.165) is 16.8 Å². The predicted molar refractivity (Wildman–Crippen MR) is 103 cm³/mol. The molecule has 3 aromatic rings. The van der Waals surface area contributed by atoms with Crippen molar-refractivity contribution >= 4 is 11.7 Å². The number of hydrogen-bond donors (Lipinski definition) is 1. The number of amides is 1. The first kappa shape index (κ1) is 17.9. The van der Waals surface area contributed by atoms with Gasteiger partial charge in [-0.15, -0.1) is 0 Å². The third kappa shape index (κ3) is 3.99. The van der Waals surface area contributed by atoms with Gasteiger partial charge in [0.25, 0.3) is 5.91 Å². The summed E-state index contributed by atoms with van der Waals surface area (Å²) in [4.78, 5) is 17.2. The lowest BCUT2D eigenvalue weighted by Crippen LogP contribution is -2.19. The number of rotatable bonds is 4. The third-order valence-electron chi connectivity index (χ3n) is 4.20. The Morgan fingerprint density at radius 1 is 1.12 bits per heavy atom. The summed E-state index contributed by atoms with van der Waals surface area (Å²) in [6.45, 7) is 8.73. The van der Waals surface area contributed by atoms with E-state index in [1.165, 1.54) is 0 Å². The average molecular weight is 348 g/mol. The van der Waals surface area contributed by atoms with Gasteiger partial charge in [-0.25, -0.2) is 4.98 Å². The molecule has 0 fully saturated rings. The number of pyridine rings is 1. The molecular formula is C21H24N4O. The summed E-state index contributed by atoms with van der Waals surface area (Å²) in [5, 5.41) is 7.60. The molecule has 0 bridgehead atoms. The van der Waals surface area contributed by atoms with Gasteiger partial charge >= 0.3 is 0 Å². The van der Waals surface area contributed by atoms with Gasteiger partial charge in [-0.3, -0.25) is 9.48 Å². The molecule has 26 heavy (non-hydrogen) atoms. The summed E-state index contributed by atoms with van der Waals surface area (Å²) in [5.41, 5.74) is 3.29. The second-order valence-corrected chi connectivity index (χ2v) is 7.43. The second-order valence-electron chi connectivity index (χ2n) is 7.43. The quantitative estimate of drug-likeness (QED) is 0.769. The molecule has 2 aromatic heterocycles. The maximum absolute atomic E-state index is 12.9. The Labute approximate surface area is 154 Å². The van der Waals surface area contributed by atoms with Crippen LogP contribution in [0.4, 0.5) is 5.82 Å². The maximum Gasteiger partial charge on any atom is 0.275 e. The molecule has 2 heterocycles. The highest BCUT2D eigenvalue weighted by Crippen LogP contribution is 2.23. The van der Waals surface area contributed by atoms with Crippen LogP contribution in [0.25, 0.3) is 0 Å². The predicted octanol–water partition coefficient (Wildman–Crippen LogP) is 4.18. The van der Waals surface area contributed by atoms with Gasteiger partial charge in [0, 0.05) is 11.6 Å². The van der Waals surface area contributed by atoms with Crippen molar-refractivity contribution in [2.75, 3.05) is 5.32 Å². The Bertz CT molecular complexity index is 907. The number of carbonyl (C=O) groups is 1. The summed E-state index contributed by atoms with van der Waals surface area (Å²) >= 11 is 0. The number of benzene rings is 1. The SMILES string of the molecule is Cc1cccnc1NC(=O)c1cc(C(C)(C)C)nn1Cc1ccccc1. The summed E-state index contributed by atoms with van der Waals surface area (Å²) < 4.78 is 1.77. The van der Waals surface area contributed by atoms with E-state index in [1.54, 1.807) is 10.9 Å². The Kier molecular flexibility index (Phi) is 4.89. The van der Waals surface area contributed by atoms with Crippen molar-refractivity contribution in [2.45, 2.75) is 39.7 Å². The van der Waals surface area contributed by atoms with E-state index in [2.05, 4.69) is 31.1 Å².